The number of unbranched alkanes of at least 4 members (excludes halogenated alkanes) is 1. The highest BCUT2D eigenvalue weighted by Gasteiger charge is 2.01. The van der Waals surface area contributed by atoms with Crippen LogP contribution in [0.3, 0.4) is 0 Å². The molecular weight excluding hydrogens is 238 g/mol. The van der Waals surface area contributed by atoms with Gasteiger partial charge in [0.05, 0.1) is 7.11 Å². The van der Waals surface area contributed by atoms with Gasteiger partial charge in [0.25, 0.3) is 0 Å². The monoisotopic (exact) mass is 263 g/mol. The fourth-order valence-electron chi connectivity index (χ4n) is 1.83. The molecule has 0 spiro atoms. The summed E-state index contributed by atoms with van der Waals surface area (Å²) in [6.07, 6.45) is 2.33. The normalized spacial score (nSPS) is 11.3. The van der Waals surface area contributed by atoms with Gasteiger partial charge in [-0.2, -0.15) is 0 Å². The molecule has 0 radical (unpaired) electrons. The van der Waals surface area contributed by atoms with Crippen molar-refractivity contribution in [2.45, 2.75) is 33.2 Å². The van der Waals surface area contributed by atoms with Gasteiger partial charge in [-0.1, -0.05) is 19.4 Å². The second-order valence-electron chi connectivity index (χ2n) is 4.56. The van der Waals surface area contributed by atoms with Crippen LogP contribution in [0.2, 0.25) is 0 Å². The third-order valence-electron chi connectivity index (χ3n) is 2.85. The number of rotatable bonds is 6. The van der Waals surface area contributed by atoms with Gasteiger partial charge in [-0.05, 0) is 36.6 Å². The zero-order valence-corrected chi connectivity index (χ0v) is 12.4. The van der Waals surface area contributed by atoms with Crippen molar-refractivity contribution in [2.24, 2.45) is 4.99 Å². The molecule has 0 unspecified atom stereocenters. The molecule has 0 aliphatic carbocycles. The quantitative estimate of drug-likeness (QED) is 0.471. The van der Waals surface area contributed by atoms with Crippen LogP contribution in [0.1, 0.15) is 30.9 Å². The van der Waals surface area contributed by atoms with E-state index in [0.717, 1.165) is 31.2 Å². The van der Waals surface area contributed by atoms with E-state index < -0.39 is 0 Å². The Kier molecular flexibility index (Phi) is 6.79. The Balaban J connectivity index is 2.52. The Labute approximate surface area is 116 Å². The molecule has 1 aromatic rings. The zero-order chi connectivity index (χ0) is 14.1. The predicted octanol–water partition coefficient (Wildman–Crippen LogP) is 2.47. The summed E-state index contributed by atoms with van der Waals surface area (Å²) in [5.74, 6) is 1.74. The number of ether oxygens (including phenoxy) is 1. The number of hydrogen-bond acceptors (Lipinski definition) is 2. The summed E-state index contributed by atoms with van der Waals surface area (Å²) >= 11 is 0. The molecule has 106 valence electrons. The number of benzene rings is 1. The molecule has 0 bridgehead atoms. The molecule has 0 aliphatic heterocycles. The minimum absolute atomic E-state index is 0.740. The van der Waals surface area contributed by atoms with Crippen molar-refractivity contribution < 1.29 is 4.74 Å². The van der Waals surface area contributed by atoms with Crippen molar-refractivity contribution >= 4 is 5.96 Å². The first-order valence-corrected chi connectivity index (χ1v) is 6.78. The first-order chi connectivity index (χ1) is 9.19. The predicted molar refractivity (Wildman–Crippen MR) is 80.8 cm³/mol. The van der Waals surface area contributed by atoms with E-state index >= 15 is 0 Å². The van der Waals surface area contributed by atoms with Crippen molar-refractivity contribution in [1.29, 1.82) is 0 Å². The number of methoxy groups -OCH3 is 1. The molecule has 0 atom stereocenters. The van der Waals surface area contributed by atoms with Crippen molar-refractivity contribution in [3.63, 3.8) is 0 Å². The van der Waals surface area contributed by atoms with Gasteiger partial charge < -0.3 is 15.4 Å². The summed E-state index contributed by atoms with van der Waals surface area (Å²) in [5, 5.41) is 6.60. The van der Waals surface area contributed by atoms with Crippen LogP contribution in [0.4, 0.5) is 0 Å². The van der Waals surface area contributed by atoms with Gasteiger partial charge in [-0.25, -0.2) is 0 Å². The van der Waals surface area contributed by atoms with Crippen LogP contribution in [0, 0.1) is 6.92 Å². The van der Waals surface area contributed by atoms with E-state index in [-0.39, 0.29) is 0 Å². The average Bonchev–Trinajstić information content (AvgIpc) is 2.42. The first kappa shape index (κ1) is 15.3. The molecule has 0 amide bonds. The molecule has 4 heteroatoms. The van der Waals surface area contributed by atoms with E-state index in [9.17, 15) is 0 Å². The number of aliphatic imine (C=N–C) groups is 1. The molecule has 2 N–H and O–H groups in total. The highest BCUT2D eigenvalue weighted by molar-refractivity contribution is 5.79. The second-order valence-corrected chi connectivity index (χ2v) is 4.56. The van der Waals surface area contributed by atoms with Crippen LogP contribution in [0.5, 0.6) is 5.75 Å². The smallest absolute Gasteiger partial charge is 0.191 e. The maximum Gasteiger partial charge on any atom is 0.191 e. The Morgan fingerprint density at radius 2 is 2.05 bits per heavy atom. The van der Waals surface area contributed by atoms with Crippen molar-refractivity contribution in [3.8, 4) is 5.75 Å². The molecule has 4 nitrogen and oxygen atoms in total. The number of nitrogens with zero attached hydrogens (tertiary/aromatic N) is 1. The fraction of sp³-hybridized carbons (Fsp3) is 0.533. The van der Waals surface area contributed by atoms with E-state index in [1.807, 2.05) is 12.1 Å². The maximum absolute atomic E-state index is 5.27. The van der Waals surface area contributed by atoms with Gasteiger partial charge in [0.1, 0.15) is 5.75 Å². The molecule has 19 heavy (non-hydrogen) atoms. The molecule has 0 aliphatic rings. The van der Waals surface area contributed by atoms with Crippen LogP contribution in [0.25, 0.3) is 0 Å². The molecule has 0 saturated heterocycles. The van der Waals surface area contributed by atoms with E-state index in [1.165, 1.54) is 17.5 Å². The van der Waals surface area contributed by atoms with E-state index in [2.05, 4.69) is 35.5 Å². The summed E-state index contributed by atoms with van der Waals surface area (Å²) in [6.45, 7) is 5.94. The summed E-state index contributed by atoms with van der Waals surface area (Å²) in [6, 6.07) is 6.21. The topological polar surface area (TPSA) is 45.7 Å². The minimum atomic E-state index is 0.740. The highest BCUT2D eigenvalue weighted by Crippen LogP contribution is 2.16. The van der Waals surface area contributed by atoms with Crippen LogP contribution < -0.4 is 15.4 Å². The van der Waals surface area contributed by atoms with E-state index in [1.54, 1.807) is 14.2 Å². The van der Waals surface area contributed by atoms with Crippen LogP contribution in [-0.4, -0.2) is 26.7 Å². The van der Waals surface area contributed by atoms with Crippen LogP contribution in [0.15, 0.2) is 23.2 Å². The summed E-state index contributed by atoms with van der Waals surface area (Å²) in [5.41, 5.74) is 2.39. The Bertz CT molecular complexity index is 416. The third kappa shape index (κ3) is 5.64. The molecule has 0 fully saturated rings. The first-order valence-electron chi connectivity index (χ1n) is 6.78. The lowest BCUT2D eigenvalue weighted by molar-refractivity contribution is 0.414. The Morgan fingerprint density at radius 1 is 1.26 bits per heavy atom. The summed E-state index contributed by atoms with van der Waals surface area (Å²) in [4.78, 5) is 4.20. The van der Waals surface area contributed by atoms with Crippen LogP contribution in [-0.2, 0) is 6.54 Å². The lowest BCUT2D eigenvalue weighted by Gasteiger charge is -2.12. The molecule has 0 heterocycles. The van der Waals surface area contributed by atoms with Crippen molar-refractivity contribution in [3.05, 3.63) is 29.3 Å². The molecule has 1 aromatic carbocycles. The Morgan fingerprint density at radius 3 is 2.68 bits per heavy atom. The fourth-order valence-corrected chi connectivity index (χ4v) is 1.83. The van der Waals surface area contributed by atoms with E-state index in [0.29, 0.717) is 0 Å². The number of guanidine groups is 1. The highest BCUT2D eigenvalue weighted by atomic mass is 16.5. The van der Waals surface area contributed by atoms with Crippen molar-refractivity contribution in [1.82, 2.24) is 10.6 Å². The lowest BCUT2D eigenvalue weighted by Crippen LogP contribution is -2.37. The Hall–Kier alpha value is -1.71. The van der Waals surface area contributed by atoms with Crippen molar-refractivity contribution in [2.75, 3.05) is 20.7 Å². The maximum atomic E-state index is 5.27. The summed E-state index contributed by atoms with van der Waals surface area (Å²) in [7, 11) is 3.48. The third-order valence-corrected chi connectivity index (χ3v) is 2.85. The van der Waals surface area contributed by atoms with E-state index in [4.69, 9.17) is 4.74 Å². The van der Waals surface area contributed by atoms with Crippen LogP contribution >= 0.6 is 0 Å². The zero-order valence-electron chi connectivity index (χ0n) is 12.4. The number of aryl methyl sites for hydroxylation is 1. The molecule has 0 aromatic heterocycles. The largest absolute Gasteiger partial charge is 0.497 e. The van der Waals surface area contributed by atoms with Gasteiger partial charge in [-0.3, -0.25) is 4.99 Å². The second kappa shape index (κ2) is 8.40. The van der Waals surface area contributed by atoms with Gasteiger partial charge in [-0.15, -0.1) is 0 Å². The standard InChI is InChI=1S/C15H25N3O/c1-5-6-7-17-15(16-3)18-11-13-8-12(2)9-14(10-13)19-4/h8-10H,5-7,11H2,1-4H3,(H2,16,17,18). The molecular formula is C15H25N3O. The average molecular weight is 263 g/mol. The van der Waals surface area contributed by atoms with Gasteiger partial charge >= 0.3 is 0 Å². The summed E-state index contributed by atoms with van der Waals surface area (Å²) < 4.78 is 5.27. The molecule has 1 rings (SSSR count). The molecule has 0 saturated carbocycles. The van der Waals surface area contributed by atoms with Gasteiger partial charge in [0, 0.05) is 20.1 Å². The van der Waals surface area contributed by atoms with Gasteiger partial charge in [0.2, 0.25) is 0 Å². The number of nitrogens with one attached hydrogen (secondary N) is 2. The SMILES string of the molecule is CCCCNC(=NC)NCc1cc(C)cc(OC)c1. The number of hydrogen-bond donors (Lipinski definition) is 2. The minimum Gasteiger partial charge on any atom is -0.497 e. The van der Waals surface area contributed by atoms with Gasteiger partial charge in [0.15, 0.2) is 5.96 Å². The lowest BCUT2D eigenvalue weighted by atomic mass is 10.1.